The Hall–Kier alpha value is -0.940. The van der Waals surface area contributed by atoms with Gasteiger partial charge in [-0.25, -0.2) is 0 Å². The van der Waals surface area contributed by atoms with Crippen molar-refractivity contribution in [3.05, 3.63) is 11.7 Å². The van der Waals surface area contributed by atoms with Gasteiger partial charge in [-0.2, -0.15) is 4.98 Å². The number of ether oxygens (including phenoxy) is 1. The highest BCUT2D eigenvalue weighted by Crippen LogP contribution is 2.18. The maximum absolute atomic E-state index is 5.42. The second kappa shape index (κ2) is 5.23. The highest BCUT2D eigenvalue weighted by molar-refractivity contribution is 4.88. The van der Waals surface area contributed by atoms with Crippen LogP contribution in [0.25, 0.3) is 0 Å². The molecule has 0 bridgehead atoms. The van der Waals surface area contributed by atoms with Gasteiger partial charge in [0.25, 0.3) is 0 Å². The predicted octanol–water partition coefficient (Wildman–Crippen LogP) is 0.540. The minimum absolute atomic E-state index is 0.566. The molecule has 0 spiro atoms. The standard InChI is InChI=1S/C10H17N3O2/c11-4-1-9-12-10(15-13-9)7-8-2-5-14-6-3-8/h8H,1-7,11H2. The van der Waals surface area contributed by atoms with Gasteiger partial charge in [0.2, 0.25) is 5.89 Å². The first kappa shape index (κ1) is 10.6. The molecule has 0 aliphatic carbocycles. The summed E-state index contributed by atoms with van der Waals surface area (Å²) in [6, 6.07) is 0. The third kappa shape index (κ3) is 3.00. The van der Waals surface area contributed by atoms with Crippen LogP contribution >= 0.6 is 0 Å². The van der Waals surface area contributed by atoms with Crippen molar-refractivity contribution < 1.29 is 9.26 Å². The molecular formula is C10H17N3O2. The van der Waals surface area contributed by atoms with Gasteiger partial charge in [0.15, 0.2) is 5.82 Å². The van der Waals surface area contributed by atoms with E-state index >= 15 is 0 Å². The highest BCUT2D eigenvalue weighted by atomic mass is 16.5. The summed E-state index contributed by atoms with van der Waals surface area (Å²) in [5.74, 6) is 2.09. The quantitative estimate of drug-likeness (QED) is 0.786. The van der Waals surface area contributed by atoms with E-state index in [9.17, 15) is 0 Å². The van der Waals surface area contributed by atoms with Crippen molar-refractivity contribution in [3.8, 4) is 0 Å². The summed E-state index contributed by atoms with van der Waals surface area (Å²) >= 11 is 0. The van der Waals surface area contributed by atoms with Crippen LogP contribution in [0.1, 0.15) is 24.6 Å². The van der Waals surface area contributed by atoms with Gasteiger partial charge in [-0.05, 0) is 25.3 Å². The zero-order valence-electron chi connectivity index (χ0n) is 8.82. The Kier molecular flexibility index (Phi) is 3.69. The van der Waals surface area contributed by atoms with Crippen LogP contribution in [0, 0.1) is 5.92 Å². The second-order valence-corrected chi connectivity index (χ2v) is 3.90. The molecule has 2 N–H and O–H groups in total. The maximum Gasteiger partial charge on any atom is 0.226 e. The van der Waals surface area contributed by atoms with E-state index in [0.717, 1.165) is 44.2 Å². The Bertz CT molecular complexity index is 295. The molecule has 15 heavy (non-hydrogen) atoms. The summed E-state index contributed by atoms with van der Waals surface area (Å²) in [6.45, 7) is 2.28. The summed E-state index contributed by atoms with van der Waals surface area (Å²) in [5.41, 5.74) is 5.42. The summed E-state index contributed by atoms with van der Waals surface area (Å²) in [6.07, 6.45) is 3.75. The van der Waals surface area contributed by atoms with Crippen LogP contribution in [0.5, 0.6) is 0 Å². The molecule has 1 aliphatic heterocycles. The monoisotopic (exact) mass is 211 g/mol. The first-order valence-corrected chi connectivity index (χ1v) is 5.47. The van der Waals surface area contributed by atoms with Gasteiger partial charge < -0.3 is 15.0 Å². The molecule has 2 heterocycles. The largest absolute Gasteiger partial charge is 0.381 e. The Labute approximate surface area is 89.0 Å². The Morgan fingerprint density at radius 3 is 2.87 bits per heavy atom. The lowest BCUT2D eigenvalue weighted by atomic mass is 9.97. The summed E-state index contributed by atoms with van der Waals surface area (Å²) in [5, 5.41) is 3.87. The number of nitrogens with two attached hydrogens (primary N) is 1. The van der Waals surface area contributed by atoms with Gasteiger partial charge in [-0.1, -0.05) is 5.16 Å². The van der Waals surface area contributed by atoms with Crippen molar-refractivity contribution in [2.45, 2.75) is 25.7 Å². The number of rotatable bonds is 4. The van der Waals surface area contributed by atoms with Crippen LogP contribution in [0.15, 0.2) is 4.52 Å². The zero-order chi connectivity index (χ0) is 10.5. The molecule has 0 aromatic carbocycles. The molecule has 2 rings (SSSR count). The number of hydrogen-bond acceptors (Lipinski definition) is 5. The van der Waals surface area contributed by atoms with Gasteiger partial charge in [0, 0.05) is 26.1 Å². The van der Waals surface area contributed by atoms with Crippen LogP contribution in [0.3, 0.4) is 0 Å². The average molecular weight is 211 g/mol. The van der Waals surface area contributed by atoms with Gasteiger partial charge >= 0.3 is 0 Å². The molecular weight excluding hydrogens is 194 g/mol. The minimum Gasteiger partial charge on any atom is -0.381 e. The topological polar surface area (TPSA) is 74.2 Å². The molecule has 0 amide bonds. The SMILES string of the molecule is NCCc1noc(CC2CCOCC2)n1. The molecule has 0 atom stereocenters. The minimum atomic E-state index is 0.566. The lowest BCUT2D eigenvalue weighted by Gasteiger charge is -2.19. The van der Waals surface area contributed by atoms with Gasteiger partial charge in [0.1, 0.15) is 0 Å². The van der Waals surface area contributed by atoms with Crippen LogP contribution in [0.4, 0.5) is 0 Å². The normalized spacial score (nSPS) is 18.2. The van der Waals surface area contributed by atoms with Crippen molar-refractivity contribution in [1.29, 1.82) is 0 Å². The summed E-state index contributed by atoms with van der Waals surface area (Å²) < 4.78 is 10.5. The fourth-order valence-corrected chi connectivity index (χ4v) is 1.80. The van der Waals surface area contributed by atoms with Gasteiger partial charge in [-0.15, -0.1) is 0 Å². The van der Waals surface area contributed by atoms with E-state index < -0.39 is 0 Å². The van der Waals surface area contributed by atoms with Crippen LogP contribution < -0.4 is 5.73 Å². The highest BCUT2D eigenvalue weighted by Gasteiger charge is 2.17. The third-order valence-electron chi connectivity index (χ3n) is 2.68. The van der Waals surface area contributed by atoms with Crippen LogP contribution in [-0.2, 0) is 17.6 Å². The predicted molar refractivity (Wildman–Crippen MR) is 54.3 cm³/mol. The van der Waals surface area contributed by atoms with E-state index in [1.807, 2.05) is 0 Å². The fourth-order valence-electron chi connectivity index (χ4n) is 1.80. The van der Waals surface area contributed by atoms with Crippen molar-refractivity contribution in [2.75, 3.05) is 19.8 Å². The maximum atomic E-state index is 5.42. The number of hydrogen-bond donors (Lipinski definition) is 1. The van der Waals surface area contributed by atoms with E-state index in [-0.39, 0.29) is 0 Å². The van der Waals surface area contributed by atoms with E-state index in [2.05, 4.69) is 10.1 Å². The van der Waals surface area contributed by atoms with Crippen molar-refractivity contribution in [1.82, 2.24) is 10.1 Å². The van der Waals surface area contributed by atoms with Gasteiger partial charge in [-0.3, -0.25) is 0 Å². The fraction of sp³-hybridized carbons (Fsp3) is 0.800. The average Bonchev–Trinajstić information content (AvgIpc) is 2.68. The molecule has 1 saturated heterocycles. The number of nitrogens with zero attached hydrogens (tertiary/aromatic N) is 2. The summed E-state index contributed by atoms with van der Waals surface area (Å²) in [7, 11) is 0. The van der Waals surface area contributed by atoms with Gasteiger partial charge in [0.05, 0.1) is 0 Å². The third-order valence-corrected chi connectivity index (χ3v) is 2.68. The molecule has 0 unspecified atom stereocenters. The number of aromatic nitrogens is 2. The van der Waals surface area contributed by atoms with E-state index in [1.54, 1.807) is 0 Å². The van der Waals surface area contributed by atoms with Crippen molar-refractivity contribution in [2.24, 2.45) is 11.7 Å². The molecule has 1 aromatic heterocycles. The molecule has 1 aromatic rings. The molecule has 5 nitrogen and oxygen atoms in total. The van der Waals surface area contributed by atoms with Crippen LogP contribution in [0.2, 0.25) is 0 Å². The second-order valence-electron chi connectivity index (χ2n) is 3.90. The molecule has 0 radical (unpaired) electrons. The van der Waals surface area contributed by atoms with Crippen molar-refractivity contribution >= 4 is 0 Å². The van der Waals surface area contributed by atoms with Crippen molar-refractivity contribution in [3.63, 3.8) is 0 Å². The Balaban J connectivity index is 1.86. The molecule has 1 fully saturated rings. The van der Waals surface area contributed by atoms with E-state index in [1.165, 1.54) is 0 Å². The summed E-state index contributed by atoms with van der Waals surface area (Å²) in [4.78, 5) is 4.30. The van der Waals surface area contributed by atoms with Crippen LogP contribution in [-0.4, -0.2) is 29.9 Å². The molecule has 5 heteroatoms. The van der Waals surface area contributed by atoms with E-state index in [4.69, 9.17) is 15.0 Å². The van der Waals surface area contributed by atoms with E-state index in [0.29, 0.717) is 18.9 Å². The lowest BCUT2D eigenvalue weighted by Crippen LogP contribution is -2.17. The first-order chi connectivity index (χ1) is 7.38. The lowest BCUT2D eigenvalue weighted by molar-refractivity contribution is 0.0642. The Morgan fingerprint density at radius 2 is 2.13 bits per heavy atom. The molecule has 1 aliphatic rings. The zero-order valence-corrected chi connectivity index (χ0v) is 8.82. The molecule has 0 saturated carbocycles. The first-order valence-electron chi connectivity index (χ1n) is 5.47. The smallest absolute Gasteiger partial charge is 0.226 e. The molecule has 84 valence electrons. The Morgan fingerprint density at radius 1 is 1.33 bits per heavy atom.